The quantitative estimate of drug-likeness (QED) is 0.212. The number of hydrogen-bond donors (Lipinski definition) is 2. The molecule has 0 spiro atoms. The molecule has 1 fully saturated rings. The summed E-state index contributed by atoms with van der Waals surface area (Å²) in [6, 6.07) is 17.1. The number of amides is 1. The van der Waals surface area contributed by atoms with Crippen LogP contribution in [0.3, 0.4) is 0 Å². The molecule has 0 atom stereocenters. The van der Waals surface area contributed by atoms with Crippen LogP contribution in [0.5, 0.6) is 5.75 Å². The van der Waals surface area contributed by atoms with Gasteiger partial charge in [0, 0.05) is 24.6 Å². The molecule has 36 heavy (non-hydrogen) atoms. The molecule has 3 aromatic rings. The Morgan fingerprint density at radius 2 is 1.81 bits per heavy atom. The van der Waals surface area contributed by atoms with E-state index in [0.29, 0.717) is 40.9 Å². The molecule has 0 aromatic heterocycles. The SMILES string of the molecule is COc1cc(N)c(Cl)cc1C(=O)NCC1CCN(CCCCC(=O)c2cccc3ccccc23)CC1. The molecule has 6 nitrogen and oxygen atoms in total. The molecule has 0 unspecified atom stereocenters. The molecule has 7 heteroatoms. The predicted molar refractivity (Wildman–Crippen MR) is 146 cm³/mol. The smallest absolute Gasteiger partial charge is 0.255 e. The maximum atomic E-state index is 12.8. The number of carbonyl (C=O) groups is 2. The molecule has 0 bridgehead atoms. The third-order valence-corrected chi connectivity index (χ3v) is 7.37. The Morgan fingerprint density at radius 1 is 1.06 bits per heavy atom. The van der Waals surface area contributed by atoms with Crippen LogP contribution in [0, 0.1) is 5.92 Å². The van der Waals surface area contributed by atoms with Crippen molar-refractivity contribution in [2.24, 2.45) is 5.92 Å². The molecule has 4 rings (SSSR count). The number of unbranched alkanes of at least 4 members (excludes halogenated alkanes) is 1. The molecule has 1 saturated heterocycles. The van der Waals surface area contributed by atoms with E-state index in [9.17, 15) is 9.59 Å². The molecule has 0 saturated carbocycles. The maximum absolute atomic E-state index is 12.8. The summed E-state index contributed by atoms with van der Waals surface area (Å²) in [4.78, 5) is 27.9. The summed E-state index contributed by atoms with van der Waals surface area (Å²) in [7, 11) is 1.51. The number of carbonyl (C=O) groups excluding carboxylic acids is 2. The number of hydrogen-bond acceptors (Lipinski definition) is 5. The number of nitrogens with zero attached hydrogens (tertiary/aromatic N) is 1. The van der Waals surface area contributed by atoms with Crippen LogP contribution in [0.2, 0.25) is 5.02 Å². The minimum atomic E-state index is -0.202. The van der Waals surface area contributed by atoms with Crippen molar-refractivity contribution in [1.82, 2.24) is 10.2 Å². The summed E-state index contributed by atoms with van der Waals surface area (Å²) >= 11 is 6.09. The highest BCUT2D eigenvalue weighted by atomic mass is 35.5. The molecule has 190 valence electrons. The Hall–Kier alpha value is -3.09. The average molecular weight is 508 g/mol. The van der Waals surface area contributed by atoms with Crippen molar-refractivity contribution in [3.63, 3.8) is 0 Å². The Labute approximate surface area is 217 Å². The fraction of sp³-hybridized carbons (Fsp3) is 0.379. The lowest BCUT2D eigenvalue weighted by Gasteiger charge is -2.32. The third-order valence-electron chi connectivity index (χ3n) is 7.04. The summed E-state index contributed by atoms with van der Waals surface area (Å²) in [5.41, 5.74) is 7.42. The Balaban J connectivity index is 1.16. The van der Waals surface area contributed by atoms with E-state index in [2.05, 4.69) is 10.2 Å². The monoisotopic (exact) mass is 507 g/mol. The first kappa shape index (κ1) is 26.0. The highest BCUT2D eigenvalue weighted by Crippen LogP contribution is 2.29. The van der Waals surface area contributed by atoms with E-state index in [-0.39, 0.29) is 11.7 Å². The van der Waals surface area contributed by atoms with E-state index < -0.39 is 0 Å². The van der Waals surface area contributed by atoms with E-state index >= 15 is 0 Å². The lowest BCUT2D eigenvalue weighted by atomic mass is 9.96. The minimum absolute atomic E-state index is 0.202. The summed E-state index contributed by atoms with van der Waals surface area (Å²) in [5, 5.41) is 5.51. The number of rotatable bonds is 10. The van der Waals surface area contributed by atoms with Crippen LogP contribution in [0.15, 0.2) is 54.6 Å². The number of anilines is 1. The average Bonchev–Trinajstić information content (AvgIpc) is 2.91. The summed E-state index contributed by atoms with van der Waals surface area (Å²) in [6.45, 7) is 3.64. The van der Waals surface area contributed by atoms with Crippen molar-refractivity contribution in [3.8, 4) is 5.75 Å². The molecule has 3 N–H and O–H groups in total. The van der Waals surface area contributed by atoms with Gasteiger partial charge in [0.25, 0.3) is 5.91 Å². The number of ether oxygens (including phenoxy) is 1. The second-order valence-electron chi connectivity index (χ2n) is 9.48. The van der Waals surface area contributed by atoms with Gasteiger partial charge in [-0.25, -0.2) is 0 Å². The van der Waals surface area contributed by atoms with Gasteiger partial charge in [0.2, 0.25) is 0 Å². The number of benzene rings is 3. The van der Waals surface area contributed by atoms with Crippen LogP contribution in [0.1, 0.15) is 52.8 Å². The first-order chi connectivity index (χ1) is 17.5. The zero-order valence-electron chi connectivity index (χ0n) is 20.8. The number of Topliss-reactive ketones (excluding diaryl/α,β-unsaturated/α-hetero) is 1. The topological polar surface area (TPSA) is 84.7 Å². The van der Waals surface area contributed by atoms with E-state index in [0.717, 1.165) is 61.7 Å². The maximum Gasteiger partial charge on any atom is 0.255 e. The zero-order valence-corrected chi connectivity index (χ0v) is 21.5. The number of likely N-dealkylation sites (tertiary alicyclic amines) is 1. The van der Waals surface area contributed by atoms with Gasteiger partial charge in [-0.15, -0.1) is 0 Å². The van der Waals surface area contributed by atoms with Crippen LogP contribution in [-0.2, 0) is 0 Å². The van der Waals surface area contributed by atoms with Gasteiger partial charge < -0.3 is 20.7 Å². The lowest BCUT2D eigenvalue weighted by Crippen LogP contribution is -2.39. The van der Waals surface area contributed by atoms with Crippen molar-refractivity contribution >= 4 is 39.8 Å². The third kappa shape index (κ3) is 6.37. The van der Waals surface area contributed by atoms with Gasteiger partial charge in [0.15, 0.2) is 5.78 Å². The van der Waals surface area contributed by atoms with Gasteiger partial charge in [0.1, 0.15) is 5.75 Å². The van der Waals surface area contributed by atoms with Crippen molar-refractivity contribution in [1.29, 1.82) is 0 Å². The van der Waals surface area contributed by atoms with Gasteiger partial charge in [-0.05, 0) is 68.1 Å². The zero-order chi connectivity index (χ0) is 25.5. The molecule has 1 aliphatic rings. The van der Waals surface area contributed by atoms with Crippen molar-refractivity contribution in [2.45, 2.75) is 32.1 Å². The summed E-state index contributed by atoms with van der Waals surface area (Å²) in [6.07, 6.45) is 4.55. The molecule has 0 radical (unpaired) electrons. The minimum Gasteiger partial charge on any atom is -0.496 e. The molecule has 3 aromatic carbocycles. The van der Waals surface area contributed by atoms with Crippen molar-refractivity contribution in [2.75, 3.05) is 39.0 Å². The largest absolute Gasteiger partial charge is 0.496 e. The van der Waals surface area contributed by atoms with Gasteiger partial charge >= 0.3 is 0 Å². The van der Waals surface area contributed by atoms with Gasteiger partial charge in [-0.1, -0.05) is 54.1 Å². The number of ketones is 1. The molecule has 1 heterocycles. The second kappa shape index (κ2) is 12.2. The van der Waals surface area contributed by atoms with E-state index in [1.165, 1.54) is 7.11 Å². The van der Waals surface area contributed by atoms with E-state index in [1.54, 1.807) is 12.1 Å². The molecule has 1 aliphatic heterocycles. The van der Waals surface area contributed by atoms with E-state index in [4.69, 9.17) is 22.1 Å². The number of piperidine rings is 1. The number of nitrogens with one attached hydrogen (secondary N) is 1. The highest BCUT2D eigenvalue weighted by Gasteiger charge is 2.21. The summed E-state index contributed by atoms with van der Waals surface area (Å²) in [5.74, 6) is 0.879. The van der Waals surface area contributed by atoms with Crippen LogP contribution in [-0.4, -0.2) is 49.9 Å². The van der Waals surface area contributed by atoms with Gasteiger partial charge in [-0.3, -0.25) is 9.59 Å². The summed E-state index contributed by atoms with van der Waals surface area (Å²) < 4.78 is 5.29. The van der Waals surface area contributed by atoms with Crippen LogP contribution >= 0.6 is 11.6 Å². The molecular formula is C29H34ClN3O3. The van der Waals surface area contributed by atoms with Crippen molar-refractivity contribution < 1.29 is 14.3 Å². The first-order valence-corrected chi connectivity index (χ1v) is 13.0. The van der Waals surface area contributed by atoms with Gasteiger partial charge in [0.05, 0.1) is 23.4 Å². The number of nitrogen functional groups attached to an aromatic ring is 1. The highest BCUT2D eigenvalue weighted by molar-refractivity contribution is 6.33. The molecule has 0 aliphatic carbocycles. The Morgan fingerprint density at radius 3 is 2.58 bits per heavy atom. The van der Waals surface area contributed by atoms with Crippen LogP contribution < -0.4 is 15.8 Å². The Bertz CT molecular complexity index is 1220. The second-order valence-corrected chi connectivity index (χ2v) is 9.88. The first-order valence-electron chi connectivity index (χ1n) is 12.6. The number of halogens is 1. The predicted octanol–water partition coefficient (Wildman–Crippen LogP) is 5.58. The van der Waals surface area contributed by atoms with Crippen LogP contribution in [0.4, 0.5) is 5.69 Å². The fourth-order valence-electron chi connectivity index (χ4n) is 4.89. The Kier molecular flexibility index (Phi) is 8.83. The molecule has 1 amide bonds. The fourth-order valence-corrected chi connectivity index (χ4v) is 5.05. The molecular weight excluding hydrogens is 474 g/mol. The van der Waals surface area contributed by atoms with Crippen molar-refractivity contribution in [3.05, 3.63) is 70.7 Å². The van der Waals surface area contributed by atoms with Crippen LogP contribution in [0.25, 0.3) is 10.8 Å². The number of nitrogens with two attached hydrogens (primary N) is 1. The van der Waals surface area contributed by atoms with Gasteiger partial charge in [-0.2, -0.15) is 0 Å². The normalized spacial score (nSPS) is 14.6. The number of methoxy groups -OCH3 is 1. The van der Waals surface area contributed by atoms with E-state index in [1.807, 2.05) is 42.5 Å². The standard InChI is InChI=1S/C29H34ClN3O3/c1-36-28-18-26(31)25(30)17-24(28)29(35)32-19-20-12-15-33(16-13-20)14-5-4-11-27(34)23-10-6-8-21-7-2-3-9-22(21)23/h2-3,6-10,17-18,20H,4-5,11-16,19,31H2,1H3,(H,32,35). The lowest BCUT2D eigenvalue weighted by molar-refractivity contribution is 0.0929. The number of fused-ring (bicyclic) bond motifs is 1.